The summed E-state index contributed by atoms with van der Waals surface area (Å²) in [6.07, 6.45) is -4.61. The molecule has 0 fully saturated rings. The molecule has 0 aliphatic carbocycles. The molecule has 1 unspecified atom stereocenters. The largest absolute Gasteiger partial charge is 0.433 e. The van der Waals surface area contributed by atoms with E-state index < -0.39 is 23.8 Å². The monoisotopic (exact) mass is 390 g/mol. The highest BCUT2D eigenvalue weighted by Gasteiger charge is 2.33. The van der Waals surface area contributed by atoms with E-state index in [1.54, 1.807) is 20.8 Å². The van der Waals surface area contributed by atoms with Gasteiger partial charge in [-0.2, -0.15) is 18.3 Å². The van der Waals surface area contributed by atoms with E-state index in [0.717, 1.165) is 23.4 Å². The van der Waals surface area contributed by atoms with Gasteiger partial charge in [0.25, 0.3) is 5.91 Å². The number of carbonyl (C=O) groups is 1. The van der Waals surface area contributed by atoms with Gasteiger partial charge in [0.05, 0.1) is 11.7 Å². The minimum atomic E-state index is -4.61. The van der Waals surface area contributed by atoms with Gasteiger partial charge >= 0.3 is 6.18 Å². The molecule has 2 aromatic heterocycles. The van der Waals surface area contributed by atoms with E-state index in [4.69, 9.17) is 0 Å². The Morgan fingerprint density at radius 3 is 2.52 bits per heavy atom. The summed E-state index contributed by atoms with van der Waals surface area (Å²) in [5, 5.41) is 9.47. The molecule has 124 valence electrons. The number of carbonyl (C=O) groups excluding carboxylic acids is 1. The highest BCUT2D eigenvalue weighted by molar-refractivity contribution is 9.10. The van der Waals surface area contributed by atoms with E-state index >= 15 is 0 Å². The molecule has 9 heteroatoms. The van der Waals surface area contributed by atoms with Gasteiger partial charge in [-0.15, -0.1) is 0 Å². The molecule has 0 aliphatic rings. The molecule has 5 nitrogen and oxygen atoms in total. The molecule has 2 heterocycles. The van der Waals surface area contributed by atoms with Crippen LogP contribution in [0.15, 0.2) is 16.6 Å². The highest BCUT2D eigenvalue weighted by Crippen LogP contribution is 2.29. The van der Waals surface area contributed by atoms with Gasteiger partial charge in [-0.05, 0) is 48.8 Å². The Hall–Kier alpha value is -1.90. The fourth-order valence-corrected chi connectivity index (χ4v) is 2.69. The third-order valence-corrected chi connectivity index (χ3v) is 3.96. The van der Waals surface area contributed by atoms with Crippen molar-refractivity contribution in [3.05, 3.63) is 44.9 Å². The molecule has 1 amide bonds. The topological polar surface area (TPSA) is 70.7 Å². The van der Waals surface area contributed by atoms with Crippen molar-refractivity contribution >= 4 is 21.8 Å². The van der Waals surface area contributed by atoms with Gasteiger partial charge in [0.1, 0.15) is 11.4 Å². The molecule has 2 aromatic rings. The van der Waals surface area contributed by atoms with Gasteiger partial charge in [0.15, 0.2) is 0 Å². The molecule has 0 spiro atoms. The van der Waals surface area contributed by atoms with Crippen LogP contribution in [0.4, 0.5) is 13.2 Å². The van der Waals surface area contributed by atoms with Gasteiger partial charge in [-0.1, -0.05) is 0 Å². The van der Waals surface area contributed by atoms with Crippen LogP contribution in [0.5, 0.6) is 0 Å². The Balaban J connectivity index is 2.27. The zero-order chi connectivity index (χ0) is 17.4. The Morgan fingerprint density at radius 1 is 1.35 bits per heavy atom. The maximum Gasteiger partial charge on any atom is 0.433 e. The number of H-pyrrole nitrogens is 1. The van der Waals surface area contributed by atoms with Crippen LogP contribution in [-0.2, 0) is 6.18 Å². The molecule has 0 saturated carbocycles. The quantitative estimate of drug-likeness (QED) is 0.839. The maximum absolute atomic E-state index is 12.7. The molecule has 0 aliphatic heterocycles. The van der Waals surface area contributed by atoms with Crippen LogP contribution in [0.1, 0.15) is 46.1 Å². The van der Waals surface area contributed by atoms with E-state index in [9.17, 15) is 18.0 Å². The number of hydrogen-bond donors (Lipinski definition) is 2. The predicted octanol–water partition coefficient (Wildman–Crippen LogP) is 3.69. The molecule has 1 atom stereocenters. The van der Waals surface area contributed by atoms with Gasteiger partial charge in [-0.25, -0.2) is 4.98 Å². The number of aromatic nitrogens is 3. The summed E-state index contributed by atoms with van der Waals surface area (Å²) >= 11 is 3.06. The van der Waals surface area contributed by atoms with Gasteiger partial charge in [0.2, 0.25) is 0 Å². The summed E-state index contributed by atoms with van der Waals surface area (Å²) in [6, 6.07) is 1.54. The first-order valence-electron chi connectivity index (χ1n) is 6.67. The number of nitrogens with one attached hydrogen (secondary N) is 2. The van der Waals surface area contributed by atoms with Crippen LogP contribution in [0.25, 0.3) is 0 Å². The van der Waals surface area contributed by atoms with Crippen LogP contribution in [0.3, 0.4) is 0 Å². The van der Waals surface area contributed by atoms with Gasteiger partial charge in [-0.3, -0.25) is 9.89 Å². The smallest absolute Gasteiger partial charge is 0.344 e. The van der Waals surface area contributed by atoms with Crippen LogP contribution in [-0.4, -0.2) is 21.1 Å². The number of aryl methyl sites for hydroxylation is 2. The molecule has 0 bridgehead atoms. The number of nitrogens with zero attached hydrogens (tertiary/aromatic N) is 2. The first-order valence-corrected chi connectivity index (χ1v) is 7.46. The lowest BCUT2D eigenvalue weighted by Gasteiger charge is -2.15. The normalized spacial score (nSPS) is 13.0. The van der Waals surface area contributed by atoms with Crippen LogP contribution < -0.4 is 5.32 Å². The lowest BCUT2D eigenvalue weighted by Crippen LogP contribution is -2.29. The Kier molecular flexibility index (Phi) is 4.79. The summed E-state index contributed by atoms with van der Waals surface area (Å²) in [6.45, 7) is 5.31. The third kappa shape index (κ3) is 3.72. The van der Waals surface area contributed by atoms with E-state index in [2.05, 4.69) is 36.4 Å². The van der Waals surface area contributed by atoms with Crippen LogP contribution in [0, 0.1) is 13.8 Å². The average molecular weight is 391 g/mol. The summed E-state index contributed by atoms with van der Waals surface area (Å²) < 4.78 is 38.4. The number of pyridine rings is 1. The lowest BCUT2D eigenvalue weighted by molar-refractivity contribution is -0.141. The molecular weight excluding hydrogens is 377 g/mol. The second-order valence-electron chi connectivity index (χ2n) is 5.07. The second-order valence-corrected chi connectivity index (χ2v) is 5.92. The minimum Gasteiger partial charge on any atom is -0.344 e. The number of alkyl halides is 3. The van der Waals surface area contributed by atoms with Crippen LogP contribution in [0.2, 0.25) is 0 Å². The first kappa shape index (κ1) is 17.5. The number of halogens is 4. The van der Waals surface area contributed by atoms with E-state index in [1.807, 2.05) is 0 Å². The van der Waals surface area contributed by atoms with Crippen molar-refractivity contribution in [1.29, 1.82) is 0 Å². The molecule has 0 radical (unpaired) electrons. The van der Waals surface area contributed by atoms with Crippen molar-refractivity contribution in [3.63, 3.8) is 0 Å². The average Bonchev–Trinajstić information content (AvgIpc) is 2.77. The molecule has 2 rings (SSSR count). The molecule has 23 heavy (non-hydrogen) atoms. The molecule has 0 saturated heterocycles. The highest BCUT2D eigenvalue weighted by atomic mass is 79.9. The van der Waals surface area contributed by atoms with Crippen molar-refractivity contribution in [1.82, 2.24) is 20.5 Å². The van der Waals surface area contributed by atoms with E-state index in [1.165, 1.54) is 0 Å². The minimum absolute atomic E-state index is 0.191. The van der Waals surface area contributed by atoms with Crippen molar-refractivity contribution in [2.75, 3.05) is 0 Å². The third-order valence-electron chi connectivity index (χ3n) is 3.32. The van der Waals surface area contributed by atoms with Crippen molar-refractivity contribution in [2.45, 2.75) is 33.0 Å². The molecular formula is C14H14BrF3N4O. The number of aromatic amines is 1. The Labute approximate surface area is 138 Å². The standard InChI is InChI=1S/C14H14BrF3N4O/c1-6(11-7(2)21-22-8(11)3)19-13(23)12-9(15)4-5-10(20-12)14(16,17)18/h4-6H,1-3H3,(H,19,23)(H,21,22). The lowest BCUT2D eigenvalue weighted by atomic mass is 10.1. The molecule has 0 aromatic carbocycles. The van der Waals surface area contributed by atoms with E-state index in [0.29, 0.717) is 5.69 Å². The predicted molar refractivity (Wildman–Crippen MR) is 80.9 cm³/mol. The number of hydrogen-bond acceptors (Lipinski definition) is 3. The summed E-state index contributed by atoms with van der Waals surface area (Å²) in [4.78, 5) is 15.7. The fourth-order valence-electron chi connectivity index (χ4n) is 2.29. The summed E-state index contributed by atoms with van der Waals surface area (Å²) in [5.74, 6) is -0.699. The fraction of sp³-hybridized carbons (Fsp3) is 0.357. The van der Waals surface area contributed by atoms with Crippen LogP contribution >= 0.6 is 15.9 Å². The summed E-state index contributed by atoms with van der Waals surface area (Å²) in [5.41, 5.74) is 0.860. The summed E-state index contributed by atoms with van der Waals surface area (Å²) in [7, 11) is 0. The first-order chi connectivity index (χ1) is 10.6. The number of rotatable bonds is 3. The number of amides is 1. The van der Waals surface area contributed by atoms with Crippen molar-refractivity contribution in [3.8, 4) is 0 Å². The Bertz CT molecular complexity index is 723. The second kappa shape index (κ2) is 6.31. The van der Waals surface area contributed by atoms with Gasteiger partial charge < -0.3 is 5.32 Å². The Morgan fingerprint density at radius 2 is 2.00 bits per heavy atom. The zero-order valence-corrected chi connectivity index (χ0v) is 14.1. The van der Waals surface area contributed by atoms with E-state index in [-0.39, 0.29) is 10.2 Å². The zero-order valence-electron chi connectivity index (χ0n) is 12.5. The van der Waals surface area contributed by atoms with Crippen molar-refractivity contribution in [2.24, 2.45) is 0 Å². The SMILES string of the molecule is Cc1n[nH]c(C)c1C(C)NC(=O)c1nc(C(F)(F)F)ccc1Br. The van der Waals surface area contributed by atoms with Gasteiger partial charge in [0, 0.05) is 15.7 Å². The van der Waals surface area contributed by atoms with Crippen molar-refractivity contribution < 1.29 is 18.0 Å². The maximum atomic E-state index is 12.7. The molecule has 2 N–H and O–H groups in total.